The lowest BCUT2D eigenvalue weighted by Gasteiger charge is -2.59. The predicted molar refractivity (Wildman–Crippen MR) is 144 cm³/mol. The Morgan fingerprint density at radius 3 is 2.48 bits per heavy atom. The molecule has 0 N–H and O–H groups in total. The first kappa shape index (κ1) is 21.4. The molecule has 2 nitrogen and oxygen atoms in total. The first-order valence-corrected chi connectivity index (χ1v) is 14.8. The minimum Gasteiger partial charge on any atom is -0.360 e. The van der Waals surface area contributed by atoms with Gasteiger partial charge in [0.1, 0.15) is 0 Å². The molecule has 4 heterocycles. The molecule has 1 aromatic heterocycles. The van der Waals surface area contributed by atoms with E-state index in [4.69, 9.17) is 11.6 Å². The molecule has 33 heavy (non-hydrogen) atoms. The fourth-order valence-corrected chi connectivity index (χ4v) is 10.0. The molecular formula is C29H31N2PS. The summed E-state index contributed by atoms with van der Waals surface area (Å²) in [6, 6.07) is 22.8. The predicted octanol–water partition coefficient (Wildman–Crippen LogP) is 8.09. The molecule has 3 fully saturated rings. The van der Waals surface area contributed by atoms with E-state index in [0.717, 1.165) is 5.92 Å². The van der Waals surface area contributed by atoms with Crippen molar-refractivity contribution in [1.29, 1.82) is 0 Å². The summed E-state index contributed by atoms with van der Waals surface area (Å²) in [6.07, 6.45) is 4.65. The van der Waals surface area contributed by atoms with E-state index in [2.05, 4.69) is 92.3 Å². The molecule has 4 heteroatoms. The smallest absolute Gasteiger partial charge is 0.0745 e. The van der Waals surface area contributed by atoms with Crippen LogP contribution in [0.25, 0.3) is 15.7 Å². The molecule has 0 radical (unpaired) electrons. The third kappa shape index (κ3) is 3.47. The number of thioether (sulfide) groups is 1. The minimum atomic E-state index is -0.268. The Labute approximate surface area is 202 Å². The van der Waals surface area contributed by atoms with Crippen molar-refractivity contribution < 1.29 is 0 Å². The van der Waals surface area contributed by atoms with Crippen LogP contribution in [0.2, 0.25) is 0 Å². The zero-order valence-corrected chi connectivity index (χ0v) is 21.3. The van der Waals surface area contributed by atoms with Crippen molar-refractivity contribution in [2.24, 2.45) is 11.8 Å². The molecule has 1 aliphatic carbocycles. The van der Waals surface area contributed by atoms with Crippen LogP contribution < -0.4 is 0 Å². The zero-order valence-electron chi connectivity index (χ0n) is 19.6. The van der Waals surface area contributed by atoms with Gasteiger partial charge in [0.15, 0.2) is 0 Å². The van der Waals surface area contributed by atoms with Gasteiger partial charge in [-0.3, -0.25) is 4.98 Å². The van der Waals surface area contributed by atoms with Crippen LogP contribution in [-0.2, 0) is 0 Å². The van der Waals surface area contributed by atoms with Gasteiger partial charge in [-0.1, -0.05) is 76.0 Å². The highest BCUT2D eigenvalue weighted by Crippen LogP contribution is 2.67. The fourth-order valence-electron chi connectivity index (χ4n) is 5.99. The van der Waals surface area contributed by atoms with E-state index in [9.17, 15) is 0 Å². The highest BCUT2D eigenvalue weighted by Gasteiger charge is 2.51. The van der Waals surface area contributed by atoms with Crippen LogP contribution in [0.4, 0.5) is 0 Å². The number of nitrogens with zero attached hydrogens (tertiary/aromatic N) is 2. The van der Waals surface area contributed by atoms with Crippen molar-refractivity contribution in [1.82, 2.24) is 9.88 Å². The Balaban J connectivity index is 1.45. The van der Waals surface area contributed by atoms with Crippen LogP contribution in [0.3, 0.4) is 0 Å². The summed E-state index contributed by atoms with van der Waals surface area (Å²) >= 11 is 2.05. The average Bonchev–Trinajstić information content (AvgIpc) is 3.12. The normalized spacial score (nSPS) is 31.1. The molecule has 2 bridgehead atoms. The Kier molecular flexibility index (Phi) is 5.39. The molecule has 7 rings (SSSR count). The van der Waals surface area contributed by atoms with E-state index in [0.29, 0.717) is 23.0 Å². The van der Waals surface area contributed by atoms with Crippen LogP contribution in [0.1, 0.15) is 44.0 Å². The Bertz CT molecular complexity index is 1250. The monoisotopic (exact) mass is 470 g/mol. The van der Waals surface area contributed by atoms with Crippen LogP contribution in [0, 0.1) is 11.8 Å². The van der Waals surface area contributed by atoms with Crippen molar-refractivity contribution in [3.05, 3.63) is 95.7 Å². The molecule has 3 aliphatic heterocycles. The quantitative estimate of drug-likeness (QED) is 0.358. The molecule has 2 aromatic carbocycles. The summed E-state index contributed by atoms with van der Waals surface area (Å²) in [4.78, 5) is 9.77. The van der Waals surface area contributed by atoms with Gasteiger partial charge >= 0.3 is 0 Å². The molecule has 168 valence electrons. The summed E-state index contributed by atoms with van der Waals surface area (Å²) in [5.41, 5.74) is 3.81. The lowest BCUT2D eigenvalue weighted by molar-refractivity contribution is -0.0537. The van der Waals surface area contributed by atoms with Gasteiger partial charge in [0.05, 0.1) is 11.7 Å². The van der Waals surface area contributed by atoms with E-state index >= 15 is 0 Å². The van der Waals surface area contributed by atoms with Gasteiger partial charge in [-0.15, -0.1) is 11.8 Å². The molecular weight excluding hydrogens is 439 g/mol. The maximum Gasteiger partial charge on any atom is 0.0745 e. The van der Waals surface area contributed by atoms with Gasteiger partial charge in [0.25, 0.3) is 0 Å². The highest BCUT2D eigenvalue weighted by molar-refractivity contribution is 8.16. The van der Waals surface area contributed by atoms with Crippen LogP contribution >= 0.6 is 19.7 Å². The standard InChI is InChI=1S/C29H31N2PS/c1-18-24-14-25(15-24)31(27(18)26-16-22-12-8-9-13-23(22)17-30-26)19(2)28-29(33-20(3)32(28)4)21-10-6-5-7-11-21/h5-13,16-18,20,24-25,27H,2,14-15H2,1,3-4H3. The second kappa shape index (κ2) is 8.29. The van der Waals surface area contributed by atoms with Gasteiger partial charge in [-0.25, -0.2) is 0 Å². The Hall–Kier alpha value is -2.09. The summed E-state index contributed by atoms with van der Waals surface area (Å²) < 4.78 is 0. The molecule has 0 amide bonds. The summed E-state index contributed by atoms with van der Waals surface area (Å²) in [5.74, 6) is 1.38. The first-order chi connectivity index (χ1) is 16.0. The Morgan fingerprint density at radius 1 is 1.03 bits per heavy atom. The maximum absolute atomic E-state index is 5.01. The van der Waals surface area contributed by atoms with Crippen molar-refractivity contribution in [3.8, 4) is 0 Å². The van der Waals surface area contributed by atoms with E-state index in [1.54, 1.807) is 0 Å². The van der Waals surface area contributed by atoms with Crippen molar-refractivity contribution in [2.75, 3.05) is 6.66 Å². The number of hydrogen-bond acceptors (Lipinski definition) is 3. The second-order valence-electron chi connectivity index (χ2n) is 9.87. The Morgan fingerprint density at radius 2 is 1.73 bits per heavy atom. The fraction of sp³-hybridized carbons (Fsp3) is 0.345. The van der Waals surface area contributed by atoms with Crippen molar-refractivity contribution >= 4 is 35.4 Å². The minimum absolute atomic E-state index is 0.268. The SMILES string of the molecule is C=C(C1=C(c2ccccc2)SC(C)P1C)N1C2CC(C2)C(C)C1c1cc2ccccc2cn1. The van der Waals surface area contributed by atoms with Crippen LogP contribution in [0.5, 0.6) is 0 Å². The van der Waals surface area contributed by atoms with E-state index < -0.39 is 0 Å². The van der Waals surface area contributed by atoms with Crippen molar-refractivity contribution in [2.45, 2.75) is 43.8 Å². The molecule has 0 spiro atoms. The highest BCUT2D eigenvalue weighted by atomic mass is 32.2. The first-order valence-electron chi connectivity index (χ1n) is 12.0. The number of aromatic nitrogens is 1. The third-order valence-electron chi connectivity index (χ3n) is 8.06. The summed E-state index contributed by atoms with van der Waals surface area (Å²) in [6.45, 7) is 12.1. The topological polar surface area (TPSA) is 16.1 Å². The van der Waals surface area contributed by atoms with Crippen molar-refractivity contribution in [3.63, 3.8) is 0 Å². The lowest BCUT2D eigenvalue weighted by atomic mass is 9.64. The molecule has 4 aliphatic rings. The summed E-state index contributed by atoms with van der Waals surface area (Å²) in [5, 5.41) is 4.01. The number of benzene rings is 2. The van der Waals surface area contributed by atoms with Gasteiger partial charge < -0.3 is 4.90 Å². The lowest BCUT2D eigenvalue weighted by Crippen LogP contribution is -2.56. The zero-order chi connectivity index (χ0) is 22.7. The number of piperidine rings is 2. The third-order valence-corrected chi connectivity index (χ3v) is 12.8. The summed E-state index contributed by atoms with van der Waals surface area (Å²) in [7, 11) is -0.268. The largest absolute Gasteiger partial charge is 0.360 e. The van der Waals surface area contributed by atoms with Gasteiger partial charge in [-0.2, -0.15) is 0 Å². The van der Waals surface area contributed by atoms with Crippen LogP contribution in [-0.4, -0.2) is 27.6 Å². The van der Waals surface area contributed by atoms with Gasteiger partial charge in [-0.05, 0) is 55.3 Å². The number of fused-ring (bicyclic) bond motifs is 3. The van der Waals surface area contributed by atoms with E-state index in [1.165, 1.54) is 50.8 Å². The van der Waals surface area contributed by atoms with Crippen LogP contribution in [0.15, 0.2) is 84.5 Å². The number of allylic oxidation sites excluding steroid dienone is 1. The van der Waals surface area contributed by atoms with Gasteiger partial charge in [0.2, 0.25) is 0 Å². The molecule has 4 unspecified atom stereocenters. The molecule has 2 saturated heterocycles. The van der Waals surface area contributed by atoms with E-state index in [-0.39, 0.29) is 7.92 Å². The number of rotatable bonds is 4. The van der Waals surface area contributed by atoms with Gasteiger partial charge in [0, 0.05) is 38.5 Å². The maximum atomic E-state index is 5.01. The second-order valence-corrected chi connectivity index (χ2v) is 14.0. The number of hydrogen-bond donors (Lipinski definition) is 0. The molecule has 4 atom stereocenters. The molecule has 3 aromatic rings. The number of pyridine rings is 1. The average molecular weight is 471 g/mol. The molecule has 1 saturated carbocycles. The van der Waals surface area contributed by atoms with E-state index in [1.807, 2.05) is 11.8 Å².